The Kier molecular flexibility index (Phi) is 7.50. The molecule has 34 heavy (non-hydrogen) atoms. The lowest BCUT2D eigenvalue weighted by molar-refractivity contribution is -0.137. The maximum atomic E-state index is 12.8. The first-order valence-corrected chi connectivity index (χ1v) is 11.7. The monoisotopic (exact) mass is 474 g/mol. The molecule has 1 aromatic heterocycles. The van der Waals surface area contributed by atoms with Gasteiger partial charge >= 0.3 is 6.18 Å². The van der Waals surface area contributed by atoms with E-state index in [4.69, 9.17) is 0 Å². The number of rotatable bonds is 7. The number of nitrogens with zero attached hydrogens (tertiary/aromatic N) is 3. The number of hydrogen-bond acceptors (Lipinski definition) is 4. The van der Waals surface area contributed by atoms with Crippen molar-refractivity contribution in [2.75, 3.05) is 18.0 Å². The van der Waals surface area contributed by atoms with E-state index in [2.05, 4.69) is 15.2 Å². The van der Waals surface area contributed by atoms with Gasteiger partial charge in [-0.2, -0.15) is 13.2 Å². The highest BCUT2D eigenvalue weighted by Gasteiger charge is 2.31. The lowest BCUT2D eigenvalue weighted by Crippen LogP contribution is -2.43. The van der Waals surface area contributed by atoms with Crippen LogP contribution in [0.2, 0.25) is 0 Å². The molecular weight excluding hydrogens is 445 g/mol. The third kappa shape index (κ3) is 5.94. The Morgan fingerprint density at radius 3 is 2.47 bits per heavy atom. The number of aromatic nitrogens is 1. The second kappa shape index (κ2) is 10.5. The van der Waals surface area contributed by atoms with Crippen molar-refractivity contribution >= 4 is 23.8 Å². The summed E-state index contributed by atoms with van der Waals surface area (Å²) in [5, 5.41) is 3.20. The van der Waals surface area contributed by atoms with Gasteiger partial charge in [0.2, 0.25) is 12.3 Å². The number of benzene rings is 1. The molecule has 2 amide bonds. The molecule has 1 saturated carbocycles. The molecule has 2 heterocycles. The van der Waals surface area contributed by atoms with Gasteiger partial charge in [-0.1, -0.05) is 25.0 Å². The summed E-state index contributed by atoms with van der Waals surface area (Å²) in [5.41, 5.74) is 0.645. The summed E-state index contributed by atoms with van der Waals surface area (Å²) in [7, 11) is 0. The molecular formula is C25H29F3N4O2. The number of anilines is 2. The summed E-state index contributed by atoms with van der Waals surface area (Å²) >= 11 is 0. The molecule has 0 radical (unpaired) electrons. The van der Waals surface area contributed by atoms with Crippen LogP contribution in [0, 0.1) is 5.92 Å². The number of halogens is 3. The normalized spacial score (nSPS) is 18.1. The molecule has 2 aliphatic rings. The van der Waals surface area contributed by atoms with Crippen LogP contribution < -0.4 is 10.2 Å². The van der Waals surface area contributed by atoms with Gasteiger partial charge in [-0.25, -0.2) is 4.98 Å². The van der Waals surface area contributed by atoms with Crippen LogP contribution in [-0.2, 0) is 22.3 Å². The molecule has 6 nitrogen and oxygen atoms in total. The van der Waals surface area contributed by atoms with Crippen LogP contribution in [0.25, 0.3) is 0 Å². The van der Waals surface area contributed by atoms with E-state index in [1.165, 1.54) is 23.8 Å². The SMILES string of the molecule is O=CN(c1cccc(CN2CCC(C(=O)NC3CCCC3)CC2)c1)c1ccc(C(F)(F)F)cn1. The molecule has 1 aliphatic carbocycles. The highest BCUT2D eigenvalue weighted by atomic mass is 19.4. The largest absolute Gasteiger partial charge is 0.417 e. The number of amides is 2. The van der Waals surface area contributed by atoms with Gasteiger partial charge in [0, 0.05) is 24.7 Å². The van der Waals surface area contributed by atoms with Gasteiger partial charge in [0.05, 0.1) is 11.3 Å². The molecule has 0 spiro atoms. The molecule has 1 aromatic carbocycles. The van der Waals surface area contributed by atoms with Crippen molar-refractivity contribution in [3.63, 3.8) is 0 Å². The zero-order valence-electron chi connectivity index (χ0n) is 18.9. The van der Waals surface area contributed by atoms with Gasteiger partial charge in [0.25, 0.3) is 0 Å². The Hall–Kier alpha value is -2.94. The first-order valence-electron chi connectivity index (χ1n) is 11.7. The van der Waals surface area contributed by atoms with Crippen molar-refractivity contribution in [1.29, 1.82) is 0 Å². The van der Waals surface area contributed by atoms with Gasteiger partial charge < -0.3 is 5.32 Å². The van der Waals surface area contributed by atoms with Crippen LogP contribution in [0.5, 0.6) is 0 Å². The van der Waals surface area contributed by atoms with Crippen LogP contribution in [0.3, 0.4) is 0 Å². The number of likely N-dealkylation sites (tertiary alicyclic amines) is 1. The fraction of sp³-hybridized carbons (Fsp3) is 0.480. The minimum atomic E-state index is -4.48. The second-order valence-corrected chi connectivity index (χ2v) is 9.09. The number of carbonyl (C=O) groups excluding carboxylic acids is 2. The predicted molar refractivity (Wildman–Crippen MR) is 122 cm³/mol. The van der Waals surface area contributed by atoms with Crippen LogP contribution in [0.4, 0.5) is 24.7 Å². The molecule has 1 saturated heterocycles. The fourth-order valence-electron chi connectivity index (χ4n) is 4.75. The van der Waals surface area contributed by atoms with Crippen molar-refractivity contribution in [2.24, 2.45) is 5.92 Å². The maximum Gasteiger partial charge on any atom is 0.417 e. The highest BCUT2D eigenvalue weighted by molar-refractivity contribution is 5.85. The van der Waals surface area contributed by atoms with E-state index in [1.54, 1.807) is 6.07 Å². The number of hydrogen-bond donors (Lipinski definition) is 1. The Labute approximate surface area is 197 Å². The average molecular weight is 475 g/mol. The van der Waals surface area contributed by atoms with E-state index in [0.29, 0.717) is 24.7 Å². The summed E-state index contributed by atoms with van der Waals surface area (Å²) in [5.74, 6) is 0.355. The average Bonchev–Trinajstić information content (AvgIpc) is 3.33. The Morgan fingerprint density at radius 2 is 1.85 bits per heavy atom. The lowest BCUT2D eigenvalue weighted by Gasteiger charge is -2.32. The van der Waals surface area contributed by atoms with E-state index < -0.39 is 11.7 Å². The van der Waals surface area contributed by atoms with Gasteiger partial charge in [0.1, 0.15) is 5.82 Å². The van der Waals surface area contributed by atoms with Crippen LogP contribution in [0.1, 0.15) is 49.7 Å². The lowest BCUT2D eigenvalue weighted by atomic mass is 9.95. The van der Waals surface area contributed by atoms with E-state index in [1.807, 2.05) is 18.2 Å². The zero-order valence-corrected chi connectivity index (χ0v) is 18.9. The Morgan fingerprint density at radius 1 is 1.12 bits per heavy atom. The molecule has 182 valence electrons. The zero-order chi connectivity index (χ0) is 24.1. The summed E-state index contributed by atoms with van der Waals surface area (Å²) in [6.45, 7) is 2.29. The molecule has 0 atom stereocenters. The third-order valence-corrected chi connectivity index (χ3v) is 6.68. The van der Waals surface area contributed by atoms with Crippen molar-refractivity contribution in [3.8, 4) is 0 Å². The second-order valence-electron chi connectivity index (χ2n) is 9.09. The molecule has 9 heteroatoms. The van der Waals surface area contributed by atoms with Crippen LogP contribution in [0.15, 0.2) is 42.6 Å². The van der Waals surface area contributed by atoms with Gasteiger partial charge in [0.15, 0.2) is 0 Å². The van der Waals surface area contributed by atoms with Crippen LogP contribution >= 0.6 is 0 Å². The molecule has 0 bridgehead atoms. The van der Waals surface area contributed by atoms with Gasteiger partial charge in [-0.15, -0.1) is 0 Å². The Balaban J connectivity index is 1.35. The van der Waals surface area contributed by atoms with Crippen molar-refractivity contribution in [2.45, 2.75) is 57.3 Å². The standard InChI is InChI=1S/C25H29F3N4O2/c26-25(27,28)20-8-9-23(29-15-20)32(17-33)22-7-3-4-18(14-22)16-31-12-10-19(11-13-31)24(34)30-21-5-1-2-6-21/h3-4,7-9,14-15,17,19,21H,1-2,5-6,10-13,16H2,(H,30,34). The summed E-state index contributed by atoms with van der Waals surface area (Å²) in [6, 6.07) is 9.76. The smallest absolute Gasteiger partial charge is 0.353 e. The molecule has 0 unspecified atom stereocenters. The number of carbonyl (C=O) groups is 2. The van der Waals surface area contributed by atoms with Crippen LogP contribution in [-0.4, -0.2) is 41.3 Å². The summed E-state index contributed by atoms with van der Waals surface area (Å²) in [6.07, 6.45) is 2.97. The van der Waals surface area contributed by atoms with Crippen molar-refractivity contribution in [1.82, 2.24) is 15.2 Å². The van der Waals surface area contributed by atoms with E-state index in [9.17, 15) is 22.8 Å². The highest BCUT2D eigenvalue weighted by Crippen LogP contribution is 2.31. The van der Waals surface area contributed by atoms with Crippen molar-refractivity contribution < 1.29 is 22.8 Å². The first kappa shape index (κ1) is 24.2. The molecule has 4 rings (SSSR count). The fourth-order valence-corrected chi connectivity index (χ4v) is 4.75. The minimum absolute atomic E-state index is 0.0551. The Bertz CT molecular complexity index is 982. The molecule has 1 aliphatic heterocycles. The van der Waals surface area contributed by atoms with E-state index >= 15 is 0 Å². The molecule has 2 fully saturated rings. The van der Waals surface area contributed by atoms with Gasteiger partial charge in [-0.05, 0) is 68.6 Å². The number of alkyl halides is 3. The first-order chi connectivity index (χ1) is 16.3. The topological polar surface area (TPSA) is 65.5 Å². The molecule has 2 aromatic rings. The van der Waals surface area contributed by atoms with Gasteiger partial charge in [-0.3, -0.25) is 19.4 Å². The number of piperidine rings is 1. The summed E-state index contributed by atoms with van der Waals surface area (Å²) in [4.78, 5) is 31.6. The quantitative estimate of drug-likeness (QED) is 0.593. The van der Waals surface area contributed by atoms with E-state index in [0.717, 1.165) is 56.6 Å². The maximum absolute atomic E-state index is 12.8. The van der Waals surface area contributed by atoms with Crippen molar-refractivity contribution in [3.05, 3.63) is 53.7 Å². The predicted octanol–water partition coefficient (Wildman–Crippen LogP) is 4.67. The third-order valence-electron chi connectivity index (χ3n) is 6.68. The summed E-state index contributed by atoms with van der Waals surface area (Å²) < 4.78 is 38.4. The number of nitrogens with one attached hydrogen (secondary N) is 1. The minimum Gasteiger partial charge on any atom is -0.353 e. The molecule has 1 N–H and O–H groups in total. The number of pyridine rings is 1. The van der Waals surface area contributed by atoms with E-state index in [-0.39, 0.29) is 17.6 Å².